The van der Waals surface area contributed by atoms with Gasteiger partial charge in [0.25, 0.3) is 5.91 Å². The van der Waals surface area contributed by atoms with Gasteiger partial charge in [0.1, 0.15) is 12.5 Å². The van der Waals surface area contributed by atoms with Crippen molar-refractivity contribution in [2.45, 2.75) is 20.4 Å². The Morgan fingerprint density at radius 1 is 1.00 bits per heavy atom. The van der Waals surface area contributed by atoms with Crippen LogP contribution in [-0.4, -0.2) is 21.0 Å². The molecule has 1 heterocycles. The highest BCUT2D eigenvalue weighted by Crippen LogP contribution is 2.32. The highest BCUT2D eigenvalue weighted by atomic mass is 16.3. The number of carbonyl (C=O) groups excluding carboxylic acids is 1. The van der Waals surface area contributed by atoms with Crippen LogP contribution in [0.25, 0.3) is 5.70 Å². The van der Waals surface area contributed by atoms with E-state index in [1.165, 1.54) is 11.1 Å². The maximum absolute atomic E-state index is 12.4. The summed E-state index contributed by atoms with van der Waals surface area (Å²) in [5.74, 6) is 0.0461. The number of aryl methyl sites for hydroxylation is 2. The first-order valence-corrected chi connectivity index (χ1v) is 7.58. The maximum Gasteiger partial charge on any atom is 0.259 e. The molecule has 4 heteroatoms. The van der Waals surface area contributed by atoms with Gasteiger partial charge in [-0.15, -0.1) is 0 Å². The van der Waals surface area contributed by atoms with E-state index < -0.39 is 0 Å². The number of hydrogen-bond donors (Lipinski definition) is 2. The van der Waals surface area contributed by atoms with Gasteiger partial charge in [0.05, 0.1) is 6.54 Å². The molecule has 1 aliphatic heterocycles. The van der Waals surface area contributed by atoms with Crippen molar-refractivity contribution in [2.24, 2.45) is 0 Å². The number of benzene rings is 2. The maximum atomic E-state index is 12.4. The first-order chi connectivity index (χ1) is 11.5. The second kappa shape index (κ2) is 7.51. The molecule has 0 bridgehead atoms. The summed E-state index contributed by atoms with van der Waals surface area (Å²) in [5, 5.41) is 14.9. The standard InChI is InChI=1S/C18H17NO.C2H4O2/c1-12-8-13(2)10-15(9-12)11-19-14(3)16-6-4-5-7-17(16)18(19)20;3-1-2-4/h4-10H,3,11H2,1-2H3;1-4H/b;2-1-. The molecule has 0 unspecified atom stereocenters. The van der Waals surface area contributed by atoms with Gasteiger partial charge in [0, 0.05) is 16.8 Å². The molecule has 0 spiro atoms. The molecule has 0 radical (unpaired) electrons. The molecular formula is C20H21NO3. The molecule has 1 amide bonds. The van der Waals surface area contributed by atoms with Gasteiger partial charge < -0.3 is 15.1 Å². The molecule has 2 N–H and O–H groups in total. The Bertz CT molecular complexity index is 734. The van der Waals surface area contributed by atoms with Crippen LogP contribution in [0.3, 0.4) is 0 Å². The van der Waals surface area contributed by atoms with Crippen molar-refractivity contribution in [2.75, 3.05) is 0 Å². The van der Waals surface area contributed by atoms with E-state index in [0.29, 0.717) is 19.1 Å². The number of aliphatic hydroxyl groups is 2. The molecular weight excluding hydrogens is 302 g/mol. The van der Waals surface area contributed by atoms with Crippen LogP contribution in [0.4, 0.5) is 0 Å². The Morgan fingerprint density at radius 3 is 2.04 bits per heavy atom. The average molecular weight is 323 g/mol. The van der Waals surface area contributed by atoms with Crippen LogP contribution in [0.1, 0.15) is 32.6 Å². The predicted octanol–water partition coefficient (Wildman–Crippen LogP) is 4.50. The summed E-state index contributed by atoms with van der Waals surface area (Å²) < 4.78 is 0. The summed E-state index contributed by atoms with van der Waals surface area (Å²) in [7, 11) is 0. The van der Waals surface area contributed by atoms with Crippen LogP contribution >= 0.6 is 0 Å². The lowest BCUT2D eigenvalue weighted by Crippen LogP contribution is -2.22. The highest BCUT2D eigenvalue weighted by Gasteiger charge is 2.30. The van der Waals surface area contributed by atoms with Gasteiger partial charge >= 0.3 is 0 Å². The van der Waals surface area contributed by atoms with Crippen LogP contribution in [0.2, 0.25) is 0 Å². The zero-order valence-corrected chi connectivity index (χ0v) is 13.9. The van der Waals surface area contributed by atoms with E-state index >= 15 is 0 Å². The number of aliphatic hydroxyl groups excluding tert-OH is 2. The van der Waals surface area contributed by atoms with Crippen molar-refractivity contribution >= 4 is 11.6 Å². The number of nitrogens with zero attached hydrogens (tertiary/aromatic N) is 1. The quantitative estimate of drug-likeness (QED) is 0.800. The third-order valence-corrected chi connectivity index (χ3v) is 3.73. The first-order valence-electron chi connectivity index (χ1n) is 7.58. The Balaban J connectivity index is 0.000000471. The molecule has 2 aromatic carbocycles. The van der Waals surface area contributed by atoms with E-state index in [9.17, 15) is 4.79 Å². The first kappa shape index (κ1) is 17.3. The van der Waals surface area contributed by atoms with Crippen LogP contribution in [0, 0.1) is 13.8 Å². The SMILES string of the molecule is C=C1c2ccccc2C(=O)N1Cc1cc(C)cc(C)c1.O/C=C\O. The molecule has 4 nitrogen and oxygen atoms in total. The minimum atomic E-state index is 0.0461. The number of fused-ring (bicyclic) bond motifs is 1. The van der Waals surface area contributed by atoms with Crippen LogP contribution < -0.4 is 0 Å². The molecule has 3 rings (SSSR count). The second-order valence-electron chi connectivity index (χ2n) is 5.68. The van der Waals surface area contributed by atoms with E-state index in [0.717, 1.165) is 22.4 Å². The predicted molar refractivity (Wildman–Crippen MR) is 95.7 cm³/mol. The van der Waals surface area contributed by atoms with Crippen molar-refractivity contribution in [3.8, 4) is 0 Å². The summed E-state index contributed by atoms with van der Waals surface area (Å²) in [6, 6.07) is 14.0. The van der Waals surface area contributed by atoms with Gasteiger partial charge in [-0.25, -0.2) is 0 Å². The molecule has 0 saturated heterocycles. The lowest BCUT2D eigenvalue weighted by molar-refractivity contribution is 0.0843. The van der Waals surface area contributed by atoms with E-state index in [4.69, 9.17) is 10.2 Å². The Morgan fingerprint density at radius 2 is 1.54 bits per heavy atom. The third-order valence-electron chi connectivity index (χ3n) is 3.73. The van der Waals surface area contributed by atoms with Gasteiger partial charge in [-0.2, -0.15) is 0 Å². The second-order valence-corrected chi connectivity index (χ2v) is 5.68. The van der Waals surface area contributed by atoms with Crippen molar-refractivity contribution in [1.29, 1.82) is 0 Å². The summed E-state index contributed by atoms with van der Waals surface area (Å²) in [4.78, 5) is 14.2. The van der Waals surface area contributed by atoms with Crippen molar-refractivity contribution < 1.29 is 15.0 Å². The zero-order chi connectivity index (χ0) is 17.7. The molecule has 0 fully saturated rings. The topological polar surface area (TPSA) is 60.8 Å². The fraction of sp³-hybridized carbons (Fsp3) is 0.150. The van der Waals surface area contributed by atoms with E-state index in [1.807, 2.05) is 24.3 Å². The number of carbonyl (C=O) groups is 1. The average Bonchev–Trinajstić information content (AvgIpc) is 2.80. The zero-order valence-electron chi connectivity index (χ0n) is 13.9. The summed E-state index contributed by atoms with van der Waals surface area (Å²) in [6.45, 7) is 8.80. The molecule has 0 saturated carbocycles. The normalized spacial score (nSPS) is 13.0. The molecule has 24 heavy (non-hydrogen) atoms. The lowest BCUT2D eigenvalue weighted by atomic mass is 10.1. The minimum Gasteiger partial charge on any atom is -0.512 e. The van der Waals surface area contributed by atoms with Crippen molar-refractivity contribution in [3.63, 3.8) is 0 Å². The van der Waals surface area contributed by atoms with E-state index in [2.05, 4.69) is 38.6 Å². The smallest absolute Gasteiger partial charge is 0.259 e. The Hall–Kier alpha value is -3.01. The summed E-state index contributed by atoms with van der Waals surface area (Å²) in [5.41, 5.74) is 6.07. The third kappa shape index (κ3) is 3.66. The van der Waals surface area contributed by atoms with Crippen LogP contribution in [-0.2, 0) is 6.54 Å². The minimum absolute atomic E-state index is 0.0461. The molecule has 0 aliphatic carbocycles. The summed E-state index contributed by atoms with van der Waals surface area (Å²) >= 11 is 0. The lowest BCUT2D eigenvalue weighted by Gasteiger charge is -2.18. The van der Waals surface area contributed by atoms with Crippen LogP contribution in [0.5, 0.6) is 0 Å². The van der Waals surface area contributed by atoms with E-state index in [-0.39, 0.29) is 5.91 Å². The Kier molecular flexibility index (Phi) is 5.42. The fourth-order valence-corrected chi connectivity index (χ4v) is 2.84. The van der Waals surface area contributed by atoms with Gasteiger partial charge in [-0.05, 0) is 25.5 Å². The monoisotopic (exact) mass is 323 g/mol. The Labute approximate surface area is 142 Å². The summed E-state index contributed by atoms with van der Waals surface area (Å²) in [6.07, 6.45) is 1.11. The molecule has 124 valence electrons. The van der Waals surface area contributed by atoms with Crippen LogP contribution in [0.15, 0.2) is 61.6 Å². The molecule has 0 atom stereocenters. The van der Waals surface area contributed by atoms with Gasteiger partial charge in [0.15, 0.2) is 0 Å². The van der Waals surface area contributed by atoms with Gasteiger partial charge in [-0.1, -0.05) is 54.1 Å². The molecule has 2 aromatic rings. The van der Waals surface area contributed by atoms with Gasteiger partial charge in [-0.3, -0.25) is 4.79 Å². The van der Waals surface area contributed by atoms with Crippen molar-refractivity contribution in [1.82, 2.24) is 4.90 Å². The molecule has 1 aliphatic rings. The number of hydrogen-bond acceptors (Lipinski definition) is 3. The largest absolute Gasteiger partial charge is 0.512 e. The number of rotatable bonds is 2. The van der Waals surface area contributed by atoms with E-state index in [1.54, 1.807) is 4.90 Å². The molecule has 0 aromatic heterocycles. The number of amides is 1. The van der Waals surface area contributed by atoms with Crippen molar-refractivity contribution in [3.05, 3.63) is 89.4 Å². The highest BCUT2D eigenvalue weighted by molar-refractivity contribution is 6.08. The van der Waals surface area contributed by atoms with Gasteiger partial charge in [0.2, 0.25) is 0 Å². The fourth-order valence-electron chi connectivity index (χ4n) is 2.84.